The van der Waals surface area contributed by atoms with Gasteiger partial charge in [0, 0.05) is 10.9 Å². The van der Waals surface area contributed by atoms with Crippen LogP contribution in [0.15, 0.2) is 52.4 Å². The molecule has 1 N–H and O–H groups in total. The Morgan fingerprint density at radius 2 is 1.92 bits per heavy atom. The molecule has 4 rings (SSSR count). The van der Waals surface area contributed by atoms with Crippen LogP contribution in [-0.4, -0.2) is 20.8 Å². The largest absolute Gasteiger partial charge is 0.349 e. The standard InChI is InChI=1S/C19H17N3OS/c1-11-8-9-12(2)15(10-11)22-18(23)17-16(21-19(22)24-3)13-6-4-5-7-14(13)20-17/h4-10,20H,1-3H3. The molecule has 0 aliphatic carbocycles. The summed E-state index contributed by atoms with van der Waals surface area (Å²) >= 11 is 1.48. The van der Waals surface area contributed by atoms with Crippen LogP contribution in [0.1, 0.15) is 11.1 Å². The highest BCUT2D eigenvalue weighted by molar-refractivity contribution is 7.98. The van der Waals surface area contributed by atoms with E-state index in [1.54, 1.807) is 4.57 Å². The van der Waals surface area contributed by atoms with Crippen LogP contribution in [0.2, 0.25) is 0 Å². The summed E-state index contributed by atoms with van der Waals surface area (Å²) in [7, 11) is 0. The van der Waals surface area contributed by atoms with E-state index in [4.69, 9.17) is 4.98 Å². The van der Waals surface area contributed by atoms with Gasteiger partial charge in [0.2, 0.25) is 0 Å². The van der Waals surface area contributed by atoms with Crippen molar-refractivity contribution in [1.82, 2.24) is 14.5 Å². The molecule has 0 radical (unpaired) electrons. The van der Waals surface area contributed by atoms with E-state index in [1.807, 2.05) is 56.5 Å². The molecule has 5 heteroatoms. The molecule has 24 heavy (non-hydrogen) atoms. The molecule has 0 atom stereocenters. The van der Waals surface area contributed by atoms with E-state index in [9.17, 15) is 4.79 Å². The minimum atomic E-state index is -0.0609. The highest BCUT2D eigenvalue weighted by Gasteiger charge is 2.17. The summed E-state index contributed by atoms with van der Waals surface area (Å²) < 4.78 is 1.71. The quantitative estimate of drug-likeness (QED) is 0.441. The van der Waals surface area contributed by atoms with Crippen LogP contribution in [0.25, 0.3) is 27.6 Å². The van der Waals surface area contributed by atoms with Crippen LogP contribution in [0.4, 0.5) is 0 Å². The Labute approximate surface area is 143 Å². The first-order valence-electron chi connectivity index (χ1n) is 7.75. The van der Waals surface area contributed by atoms with Gasteiger partial charge in [-0.2, -0.15) is 0 Å². The number of benzene rings is 2. The van der Waals surface area contributed by atoms with Gasteiger partial charge in [-0.25, -0.2) is 4.98 Å². The van der Waals surface area contributed by atoms with E-state index < -0.39 is 0 Å². The molecule has 0 spiro atoms. The van der Waals surface area contributed by atoms with Crippen molar-refractivity contribution in [2.45, 2.75) is 19.0 Å². The van der Waals surface area contributed by atoms with Gasteiger partial charge in [0.05, 0.1) is 5.69 Å². The first kappa shape index (κ1) is 15.0. The number of nitrogens with zero attached hydrogens (tertiary/aromatic N) is 2. The number of hydrogen-bond acceptors (Lipinski definition) is 3. The number of fused-ring (bicyclic) bond motifs is 3. The molecule has 0 aliphatic heterocycles. The van der Waals surface area contributed by atoms with Gasteiger partial charge < -0.3 is 4.98 Å². The summed E-state index contributed by atoms with van der Waals surface area (Å²) in [4.78, 5) is 21.2. The van der Waals surface area contributed by atoms with Gasteiger partial charge in [-0.3, -0.25) is 9.36 Å². The van der Waals surface area contributed by atoms with Gasteiger partial charge in [-0.15, -0.1) is 0 Å². The number of hydrogen-bond donors (Lipinski definition) is 1. The molecule has 0 fully saturated rings. The topological polar surface area (TPSA) is 50.7 Å². The molecular weight excluding hydrogens is 318 g/mol. The van der Waals surface area contributed by atoms with Crippen molar-refractivity contribution in [3.8, 4) is 5.69 Å². The first-order valence-corrected chi connectivity index (χ1v) is 8.97. The van der Waals surface area contributed by atoms with Crippen molar-refractivity contribution in [2.24, 2.45) is 0 Å². The van der Waals surface area contributed by atoms with Crippen LogP contribution in [0.5, 0.6) is 0 Å². The second-order valence-electron chi connectivity index (χ2n) is 5.92. The molecule has 0 unspecified atom stereocenters. The minimum Gasteiger partial charge on any atom is -0.349 e. The summed E-state index contributed by atoms with van der Waals surface area (Å²) in [6.45, 7) is 4.04. The molecule has 4 aromatic rings. The molecule has 0 bridgehead atoms. The summed E-state index contributed by atoms with van der Waals surface area (Å²) in [5.41, 5.74) is 5.22. The van der Waals surface area contributed by atoms with E-state index in [1.165, 1.54) is 11.8 Å². The van der Waals surface area contributed by atoms with Crippen LogP contribution < -0.4 is 5.56 Å². The van der Waals surface area contributed by atoms with Crippen molar-refractivity contribution in [2.75, 3.05) is 6.26 Å². The first-order chi connectivity index (χ1) is 11.6. The van der Waals surface area contributed by atoms with Gasteiger partial charge in [0.25, 0.3) is 5.56 Å². The number of thioether (sulfide) groups is 1. The van der Waals surface area contributed by atoms with Crippen molar-refractivity contribution < 1.29 is 0 Å². The van der Waals surface area contributed by atoms with Crippen LogP contribution in [0.3, 0.4) is 0 Å². The normalized spacial score (nSPS) is 11.5. The molecule has 0 saturated heterocycles. The van der Waals surface area contributed by atoms with Crippen molar-refractivity contribution >= 4 is 33.7 Å². The van der Waals surface area contributed by atoms with Crippen LogP contribution in [-0.2, 0) is 0 Å². The van der Waals surface area contributed by atoms with Gasteiger partial charge in [-0.1, -0.05) is 42.1 Å². The zero-order valence-corrected chi connectivity index (χ0v) is 14.6. The fraction of sp³-hybridized carbons (Fsp3) is 0.158. The third kappa shape index (κ3) is 2.16. The lowest BCUT2D eigenvalue weighted by atomic mass is 10.1. The van der Waals surface area contributed by atoms with E-state index in [-0.39, 0.29) is 5.56 Å². The fourth-order valence-corrected chi connectivity index (χ4v) is 3.60. The van der Waals surface area contributed by atoms with Crippen molar-refractivity contribution in [1.29, 1.82) is 0 Å². The molecule has 2 heterocycles. The summed E-state index contributed by atoms with van der Waals surface area (Å²) in [5.74, 6) is 0. The van der Waals surface area contributed by atoms with E-state index >= 15 is 0 Å². The van der Waals surface area contributed by atoms with Crippen LogP contribution >= 0.6 is 11.8 Å². The highest BCUT2D eigenvalue weighted by atomic mass is 32.2. The Morgan fingerprint density at radius 3 is 2.71 bits per heavy atom. The number of aromatic nitrogens is 3. The van der Waals surface area contributed by atoms with Gasteiger partial charge in [0.1, 0.15) is 11.0 Å². The number of H-pyrrole nitrogens is 1. The zero-order chi connectivity index (χ0) is 16.8. The Morgan fingerprint density at radius 1 is 1.12 bits per heavy atom. The second-order valence-corrected chi connectivity index (χ2v) is 6.70. The maximum atomic E-state index is 13.2. The lowest BCUT2D eigenvalue weighted by molar-refractivity contribution is 0.814. The summed E-state index contributed by atoms with van der Waals surface area (Å²) in [6, 6.07) is 14.0. The summed E-state index contributed by atoms with van der Waals surface area (Å²) in [5, 5.41) is 1.68. The zero-order valence-electron chi connectivity index (χ0n) is 13.8. The summed E-state index contributed by atoms with van der Waals surface area (Å²) in [6.07, 6.45) is 1.95. The Bertz CT molecular complexity index is 1140. The molecular formula is C19H17N3OS. The van der Waals surface area contributed by atoms with Gasteiger partial charge in [-0.05, 0) is 43.4 Å². The third-order valence-electron chi connectivity index (χ3n) is 4.28. The Kier molecular flexibility index (Phi) is 3.46. The SMILES string of the molecule is CSc1nc2c([nH]c3ccccc32)c(=O)n1-c1cc(C)ccc1C. The predicted octanol–water partition coefficient (Wildman–Crippen LogP) is 4.21. The second kappa shape index (κ2) is 5.53. The van der Waals surface area contributed by atoms with Gasteiger partial charge >= 0.3 is 0 Å². The number of para-hydroxylation sites is 1. The van der Waals surface area contributed by atoms with Crippen molar-refractivity contribution in [3.05, 3.63) is 63.9 Å². The number of rotatable bonds is 2. The predicted molar refractivity (Wildman–Crippen MR) is 100 cm³/mol. The van der Waals surface area contributed by atoms with Crippen LogP contribution in [0, 0.1) is 13.8 Å². The Hall–Kier alpha value is -2.53. The number of aromatic amines is 1. The van der Waals surface area contributed by atoms with Crippen molar-refractivity contribution in [3.63, 3.8) is 0 Å². The lowest BCUT2D eigenvalue weighted by Crippen LogP contribution is -2.22. The fourth-order valence-electron chi connectivity index (χ4n) is 3.05. The smallest absolute Gasteiger partial charge is 0.283 e. The van der Waals surface area contributed by atoms with E-state index in [0.29, 0.717) is 10.7 Å². The Balaban J connectivity index is 2.16. The molecule has 120 valence electrons. The molecule has 2 aromatic carbocycles. The monoisotopic (exact) mass is 335 g/mol. The highest BCUT2D eigenvalue weighted by Crippen LogP contribution is 2.26. The average molecular weight is 335 g/mol. The maximum Gasteiger partial charge on any atom is 0.283 e. The number of nitrogens with one attached hydrogen (secondary N) is 1. The molecule has 0 saturated carbocycles. The lowest BCUT2D eigenvalue weighted by Gasteiger charge is -2.13. The van der Waals surface area contributed by atoms with Gasteiger partial charge in [0.15, 0.2) is 5.16 Å². The van der Waals surface area contributed by atoms with E-state index in [0.717, 1.165) is 33.2 Å². The van der Waals surface area contributed by atoms with E-state index in [2.05, 4.69) is 11.1 Å². The third-order valence-corrected chi connectivity index (χ3v) is 4.92. The molecule has 2 aromatic heterocycles. The minimum absolute atomic E-state index is 0.0609. The molecule has 4 nitrogen and oxygen atoms in total. The molecule has 0 aliphatic rings. The maximum absolute atomic E-state index is 13.2. The average Bonchev–Trinajstić information content (AvgIpc) is 2.96. The number of aryl methyl sites for hydroxylation is 2. The molecule has 0 amide bonds.